The lowest BCUT2D eigenvalue weighted by Gasteiger charge is -1.97. The summed E-state index contributed by atoms with van der Waals surface area (Å²) < 4.78 is 2.09. The van der Waals surface area contributed by atoms with Gasteiger partial charge in [-0.05, 0) is 29.3 Å². The smallest absolute Gasteiger partial charge is 0.0478 e. The van der Waals surface area contributed by atoms with Gasteiger partial charge in [-0.2, -0.15) is 0 Å². The minimum absolute atomic E-state index is 0.392. The Morgan fingerprint density at radius 3 is 3.12 bits per heavy atom. The average molecular weight is 212 g/mol. The van der Waals surface area contributed by atoms with Gasteiger partial charge in [-0.15, -0.1) is 0 Å². The highest BCUT2D eigenvalue weighted by molar-refractivity contribution is 5.82. The van der Waals surface area contributed by atoms with Crippen LogP contribution in [0.5, 0.6) is 0 Å². The standard InChI is InChI=1S/C12H12N4/c1-16-8-6-11-9-10(4-5-12(11)16)3-2-7-14-15-13/h2-6,8-9H,7H2,1H3. The van der Waals surface area contributed by atoms with E-state index in [-0.39, 0.29) is 0 Å². The molecule has 0 spiro atoms. The van der Waals surface area contributed by atoms with Crippen LogP contribution >= 0.6 is 0 Å². The van der Waals surface area contributed by atoms with Crippen LogP contribution in [0.3, 0.4) is 0 Å². The zero-order chi connectivity index (χ0) is 11.4. The van der Waals surface area contributed by atoms with Crippen molar-refractivity contribution in [1.29, 1.82) is 0 Å². The first-order valence-electron chi connectivity index (χ1n) is 5.04. The second-order valence-electron chi connectivity index (χ2n) is 3.56. The lowest BCUT2D eigenvalue weighted by atomic mass is 10.1. The first kappa shape index (κ1) is 10.3. The number of nitrogens with zero attached hydrogens (tertiary/aromatic N) is 4. The Kier molecular flexibility index (Phi) is 2.94. The zero-order valence-electron chi connectivity index (χ0n) is 9.04. The Hall–Kier alpha value is -2.19. The molecule has 0 saturated carbocycles. The van der Waals surface area contributed by atoms with Gasteiger partial charge in [0.05, 0.1) is 0 Å². The summed E-state index contributed by atoms with van der Waals surface area (Å²) in [6, 6.07) is 8.33. The molecule has 0 saturated heterocycles. The Morgan fingerprint density at radius 1 is 1.44 bits per heavy atom. The molecule has 0 atom stereocenters. The van der Waals surface area contributed by atoms with E-state index in [0.29, 0.717) is 6.54 Å². The topological polar surface area (TPSA) is 53.7 Å². The normalized spacial score (nSPS) is 10.8. The first-order chi connectivity index (χ1) is 7.81. The van der Waals surface area contributed by atoms with Gasteiger partial charge in [-0.1, -0.05) is 23.3 Å². The molecule has 0 unspecified atom stereocenters. The lowest BCUT2D eigenvalue weighted by molar-refractivity contribution is 0.969. The van der Waals surface area contributed by atoms with Crippen molar-refractivity contribution >= 4 is 17.0 Å². The van der Waals surface area contributed by atoms with Crippen LogP contribution < -0.4 is 0 Å². The fourth-order valence-corrected chi connectivity index (χ4v) is 1.68. The Bertz CT molecular complexity index is 574. The molecule has 0 radical (unpaired) electrons. The minimum Gasteiger partial charge on any atom is -0.351 e. The van der Waals surface area contributed by atoms with Gasteiger partial charge in [0, 0.05) is 35.6 Å². The molecule has 4 nitrogen and oxygen atoms in total. The third kappa shape index (κ3) is 2.07. The van der Waals surface area contributed by atoms with Gasteiger partial charge in [0.1, 0.15) is 0 Å². The molecule has 0 N–H and O–H groups in total. The van der Waals surface area contributed by atoms with Crippen molar-refractivity contribution < 1.29 is 0 Å². The van der Waals surface area contributed by atoms with Crippen LogP contribution in [0.2, 0.25) is 0 Å². The maximum absolute atomic E-state index is 8.13. The Labute approximate surface area is 93.4 Å². The molecule has 0 amide bonds. The second-order valence-corrected chi connectivity index (χ2v) is 3.56. The molecule has 0 aliphatic rings. The number of hydrogen-bond donors (Lipinski definition) is 0. The van der Waals surface area contributed by atoms with Gasteiger partial charge < -0.3 is 4.57 Å². The summed E-state index contributed by atoms with van der Waals surface area (Å²) in [6.07, 6.45) is 5.85. The van der Waals surface area contributed by atoms with Crippen LogP contribution in [-0.2, 0) is 7.05 Å². The van der Waals surface area contributed by atoms with Crippen molar-refractivity contribution in [2.24, 2.45) is 12.2 Å². The fraction of sp³-hybridized carbons (Fsp3) is 0.167. The molecule has 0 aliphatic heterocycles. The summed E-state index contributed by atoms with van der Waals surface area (Å²) in [5.74, 6) is 0. The van der Waals surface area contributed by atoms with Gasteiger partial charge in [0.25, 0.3) is 0 Å². The van der Waals surface area contributed by atoms with Gasteiger partial charge in [-0.25, -0.2) is 0 Å². The molecule has 4 heteroatoms. The van der Waals surface area contributed by atoms with Crippen LogP contribution in [0.25, 0.3) is 27.4 Å². The highest BCUT2D eigenvalue weighted by Gasteiger charge is 1.96. The predicted molar refractivity (Wildman–Crippen MR) is 66.0 cm³/mol. The monoisotopic (exact) mass is 212 g/mol. The number of benzene rings is 1. The fourth-order valence-electron chi connectivity index (χ4n) is 1.68. The third-order valence-corrected chi connectivity index (χ3v) is 2.47. The Balaban J connectivity index is 2.26. The third-order valence-electron chi connectivity index (χ3n) is 2.47. The average Bonchev–Trinajstić information content (AvgIpc) is 2.66. The van der Waals surface area contributed by atoms with E-state index < -0.39 is 0 Å². The Morgan fingerprint density at radius 2 is 2.31 bits per heavy atom. The van der Waals surface area contributed by atoms with Crippen molar-refractivity contribution in [3.63, 3.8) is 0 Å². The quantitative estimate of drug-likeness (QED) is 0.425. The maximum Gasteiger partial charge on any atom is 0.0478 e. The van der Waals surface area contributed by atoms with Crippen LogP contribution in [-0.4, -0.2) is 11.1 Å². The van der Waals surface area contributed by atoms with E-state index in [1.54, 1.807) is 0 Å². The van der Waals surface area contributed by atoms with Crippen molar-refractivity contribution in [3.05, 3.63) is 52.5 Å². The van der Waals surface area contributed by atoms with E-state index in [1.807, 2.05) is 25.4 Å². The summed E-state index contributed by atoms with van der Waals surface area (Å²) >= 11 is 0. The van der Waals surface area contributed by atoms with Crippen molar-refractivity contribution in [2.75, 3.05) is 6.54 Å². The van der Waals surface area contributed by atoms with E-state index in [1.165, 1.54) is 10.9 Å². The molecule has 0 bridgehead atoms. The molecular weight excluding hydrogens is 200 g/mol. The highest BCUT2D eigenvalue weighted by Crippen LogP contribution is 2.17. The number of hydrogen-bond acceptors (Lipinski definition) is 1. The van der Waals surface area contributed by atoms with Gasteiger partial charge in [-0.3, -0.25) is 0 Å². The molecule has 2 aromatic rings. The number of aromatic nitrogens is 1. The largest absolute Gasteiger partial charge is 0.351 e. The van der Waals surface area contributed by atoms with E-state index in [0.717, 1.165) is 5.56 Å². The summed E-state index contributed by atoms with van der Waals surface area (Å²) in [6.45, 7) is 0.392. The van der Waals surface area contributed by atoms with E-state index in [2.05, 4.69) is 38.9 Å². The predicted octanol–water partition coefficient (Wildman–Crippen LogP) is 3.50. The molecule has 1 heterocycles. The van der Waals surface area contributed by atoms with Crippen molar-refractivity contribution in [3.8, 4) is 0 Å². The summed E-state index contributed by atoms with van der Waals surface area (Å²) in [4.78, 5) is 2.69. The van der Waals surface area contributed by atoms with Gasteiger partial charge in [0.15, 0.2) is 0 Å². The number of aryl methyl sites for hydroxylation is 1. The second kappa shape index (κ2) is 4.55. The van der Waals surface area contributed by atoms with Crippen molar-refractivity contribution in [1.82, 2.24) is 4.57 Å². The van der Waals surface area contributed by atoms with Crippen molar-refractivity contribution in [2.45, 2.75) is 0 Å². The maximum atomic E-state index is 8.13. The summed E-state index contributed by atoms with van der Waals surface area (Å²) in [7, 11) is 2.03. The molecule has 0 aliphatic carbocycles. The minimum atomic E-state index is 0.392. The summed E-state index contributed by atoms with van der Waals surface area (Å²) in [5, 5.41) is 4.66. The van der Waals surface area contributed by atoms with Crippen LogP contribution in [0.15, 0.2) is 41.7 Å². The number of azide groups is 1. The molecule has 1 aromatic heterocycles. The molecule has 2 rings (SSSR count). The number of rotatable bonds is 3. The molecule has 0 fully saturated rings. The van der Waals surface area contributed by atoms with Crippen LogP contribution in [0, 0.1) is 0 Å². The summed E-state index contributed by atoms with van der Waals surface area (Å²) in [5.41, 5.74) is 10.5. The molecular formula is C12H12N4. The zero-order valence-corrected chi connectivity index (χ0v) is 9.04. The van der Waals surface area contributed by atoms with Gasteiger partial charge in [0.2, 0.25) is 0 Å². The number of fused-ring (bicyclic) bond motifs is 1. The first-order valence-corrected chi connectivity index (χ1v) is 5.04. The van der Waals surface area contributed by atoms with Crippen LogP contribution in [0.4, 0.5) is 0 Å². The molecule has 1 aromatic carbocycles. The molecule has 16 heavy (non-hydrogen) atoms. The lowest BCUT2D eigenvalue weighted by Crippen LogP contribution is -1.83. The van der Waals surface area contributed by atoms with E-state index in [9.17, 15) is 0 Å². The van der Waals surface area contributed by atoms with E-state index in [4.69, 9.17) is 5.53 Å². The highest BCUT2D eigenvalue weighted by atomic mass is 15.1. The SMILES string of the molecule is Cn1ccc2cc(C=CCN=[N+]=[N-])ccc21. The molecule has 80 valence electrons. The van der Waals surface area contributed by atoms with Crippen LogP contribution in [0.1, 0.15) is 5.56 Å². The van der Waals surface area contributed by atoms with E-state index >= 15 is 0 Å². The van der Waals surface area contributed by atoms with Gasteiger partial charge >= 0.3 is 0 Å².